The molecule has 0 aromatic heterocycles. The molecule has 0 spiro atoms. The Labute approximate surface area is 207 Å². The zero-order chi connectivity index (χ0) is 24.1. The van der Waals surface area contributed by atoms with Crippen LogP contribution in [0.25, 0.3) is 5.70 Å². The lowest BCUT2D eigenvalue weighted by Crippen LogP contribution is -2.45. The predicted octanol–water partition coefficient (Wildman–Crippen LogP) is 4.70. The lowest BCUT2D eigenvalue weighted by molar-refractivity contribution is -0.142. The van der Waals surface area contributed by atoms with E-state index < -0.39 is 12.0 Å². The number of ether oxygens (including phenoxy) is 2. The fourth-order valence-corrected chi connectivity index (χ4v) is 4.09. The second kappa shape index (κ2) is 10.5. The standard InChI is InChI=1S/C26H21ClN2O4S/c1-32-21(30)15-33-20-13-12-18(27)14-19(20)24-22(25(31)17-10-6-3-7-11-17)23(28-26(34)29-24)16-8-4-2-5-9-16/h2-14,24H,15H2,1H3,(H2,28,29,34)/t24-/m1/s1. The third-order valence-corrected chi connectivity index (χ3v) is 5.73. The lowest BCUT2D eigenvalue weighted by Gasteiger charge is -2.32. The molecule has 0 aliphatic carbocycles. The van der Waals surface area contributed by atoms with Crippen LogP contribution in [0, 0.1) is 0 Å². The van der Waals surface area contributed by atoms with Crippen LogP contribution in [0.15, 0.2) is 84.4 Å². The summed E-state index contributed by atoms with van der Waals surface area (Å²) in [6.45, 7) is -0.294. The van der Waals surface area contributed by atoms with Gasteiger partial charge in [-0.3, -0.25) is 4.79 Å². The number of esters is 1. The van der Waals surface area contributed by atoms with Crippen molar-refractivity contribution in [3.05, 3.63) is 106 Å². The number of hydrogen-bond acceptors (Lipinski definition) is 5. The van der Waals surface area contributed by atoms with Gasteiger partial charge in [-0.2, -0.15) is 0 Å². The minimum Gasteiger partial charge on any atom is -0.482 e. The minimum absolute atomic E-state index is 0.189. The molecule has 2 N–H and O–H groups in total. The molecule has 0 bridgehead atoms. The van der Waals surface area contributed by atoms with Crippen LogP contribution in [0.2, 0.25) is 5.02 Å². The Morgan fingerprint density at radius 3 is 2.35 bits per heavy atom. The highest BCUT2D eigenvalue weighted by molar-refractivity contribution is 7.80. The average Bonchev–Trinajstić information content (AvgIpc) is 2.87. The zero-order valence-electron chi connectivity index (χ0n) is 18.2. The number of Topliss-reactive ketones (excluding diaryl/α,β-unsaturated/α-hetero) is 1. The second-order valence-corrected chi connectivity index (χ2v) is 8.27. The van der Waals surface area contributed by atoms with Gasteiger partial charge in [0, 0.05) is 16.1 Å². The molecular formula is C26H21ClN2O4S. The summed E-state index contributed by atoms with van der Waals surface area (Å²) in [6, 6.07) is 22.8. The Kier molecular flexibility index (Phi) is 7.25. The van der Waals surface area contributed by atoms with Crippen molar-refractivity contribution in [3.63, 3.8) is 0 Å². The fourth-order valence-electron chi connectivity index (χ4n) is 3.69. The molecule has 1 atom stereocenters. The maximum Gasteiger partial charge on any atom is 0.343 e. The molecule has 34 heavy (non-hydrogen) atoms. The van der Waals surface area contributed by atoms with Crippen LogP contribution >= 0.6 is 23.8 Å². The number of nitrogens with one attached hydrogen (secondary N) is 2. The summed E-state index contributed by atoms with van der Waals surface area (Å²) in [5, 5.41) is 7.13. The fraction of sp³-hybridized carbons (Fsp3) is 0.115. The maximum atomic E-state index is 13.9. The summed E-state index contributed by atoms with van der Waals surface area (Å²) in [5.74, 6) is -0.343. The Hall–Kier alpha value is -3.68. The van der Waals surface area contributed by atoms with E-state index in [0.717, 1.165) is 5.56 Å². The van der Waals surface area contributed by atoms with E-state index in [1.54, 1.807) is 30.3 Å². The zero-order valence-corrected chi connectivity index (χ0v) is 19.8. The first-order valence-electron chi connectivity index (χ1n) is 10.4. The van der Waals surface area contributed by atoms with Crippen LogP contribution in [0.4, 0.5) is 0 Å². The first-order chi connectivity index (χ1) is 16.5. The number of carbonyl (C=O) groups excluding carboxylic acids is 2. The first kappa shape index (κ1) is 23.5. The van der Waals surface area contributed by atoms with E-state index in [4.69, 9.17) is 33.3 Å². The van der Waals surface area contributed by atoms with Gasteiger partial charge in [-0.05, 0) is 36.0 Å². The number of methoxy groups -OCH3 is 1. The normalized spacial score (nSPS) is 15.2. The molecular weight excluding hydrogens is 472 g/mol. The molecule has 0 saturated heterocycles. The van der Waals surface area contributed by atoms with Crippen molar-refractivity contribution in [3.8, 4) is 5.75 Å². The van der Waals surface area contributed by atoms with Crippen LogP contribution in [0.3, 0.4) is 0 Å². The number of ketones is 1. The van der Waals surface area contributed by atoms with Crippen molar-refractivity contribution in [2.75, 3.05) is 13.7 Å². The number of thiocarbonyl (C=S) groups is 1. The van der Waals surface area contributed by atoms with Crippen molar-refractivity contribution in [1.82, 2.24) is 10.6 Å². The summed E-state index contributed by atoms with van der Waals surface area (Å²) in [6.07, 6.45) is 0. The van der Waals surface area contributed by atoms with E-state index in [1.165, 1.54) is 7.11 Å². The quantitative estimate of drug-likeness (QED) is 0.281. The van der Waals surface area contributed by atoms with Gasteiger partial charge in [-0.15, -0.1) is 0 Å². The average molecular weight is 493 g/mol. The SMILES string of the molecule is COC(=O)COc1ccc(Cl)cc1[C@H]1NC(=S)NC(c2ccccc2)=C1C(=O)c1ccccc1. The van der Waals surface area contributed by atoms with Gasteiger partial charge < -0.3 is 20.1 Å². The van der Waals surface area contributed by atoms with Gasteiger partial charge >= 0.3 is 5.97 Å². The molecule has 0 saturated carbocycles. The van der Waals surface area contributed by atoms with Gasteiger partial charge in [-0.25, -0.2) is 4.79 Å². The van der Waals surface area contributed by atoms with Crippen LogP contribution < -0.4 is 15.4 Å². The van der Waals surface area contributed by atoms with Gasteiger partial charge in [0.25, 0.3) is 0 Å². The van der Waals surface area contributed by atoms with Crippen molar-refractivity contribution in [2.24, 2.45) is 0 Å². The molecule has 3 aromatic carbocycles. The van der Waals surface area contributed by atoms with Gasteiger partial charge in [0.1, 0.15) is 5.75 Å². The molecule has 8 heteroatoms. The number of carbonyl (C=O) groups is 2. The van der Waals surface area contributed by atoms with E-state index in [0.29, 0.717) is 38.3 Å². The molecule has 4 rings (SSSR count). The highest BCUT2D eigenvalue weighted by atomic mass is 35.5. The Balaban J connectivity index is 1.90. The third kappa shape index (κ3) is 5.11. The number of benzene rings is 3. The topological polar surface area (TPSA) is 76.7 Å². The van der Waals surface area contributed by atoms with Crippen LogP contribution in [0.5, 0.6) is 5.75 Å². The Morgan fingerprint density at radius 2 is 1.68 bits per heavy atom. The lowest BCUT2D eigenvalue weighted by atomic mass is 9.87. The molecule has 3 aromatic rings. The largest absolute Gasteiger partial charge is 0.482 e. The number of hydrogen-bond donors (Lipinski definition) is 2. The summed E-state index contributed by atoms with van der Waals surface area (Å²) in [5.41, 5.74) is 2.91. The van der Waals surface area contributed by atoms with Gasteiger partial charge in [0.2, 0.25) is 0 Å². The predicted molar refractivity (Wildman–Crippen MR) is 135 cm³/mol. The van der Waals surface area contributed by atoms with E-state index in [-0.39, 0.29) is 12.4 Å². The molecule has 0 fully saturated rings. The summed E-state index contributed by atoms with van der Waals surface area (Å²) in [4.78, 5) is 25.6. The number of rotatable bonds is 7. The summed E-state index contributed by atoms with van der Waals surface area (Å²) in [7, 11) is 1.28. The van der Waals surface area contributed by atoms with E-state index in [1.807, 2.05) is 48.5 Å². The maximum absolute atomic E-state index is 13.9. The smallest absolute Gasteiger partial charge is 0.343 e. The van der Waals surface area contributed by atoms with Crippen molar-refractivity contribution in [1.29, 1.82) is 0 Å². The van der Waals surface area contributed by atoms with E-state index in [2.05, 4.69) is 10.6 Å². The highest BCUT2D eigenvalue weighted by Gasteiger charge is 2.34. The van der Waals surface area contributed by atoms with Gasteiger partial charge in [-0.1, -0.05) is 72.3 Å². The van der Waals surface area contributed by atoms with E-state index in [9.17, 15) is 9.59 Å². The molecule has 0 unspecified atom stereocenters. The Bertz CT molecular complexity index is 1260. The Morgan fingerprint density at radius 1 is 1.00 bits per heavy atom. The van der Waals surface area contributed by atoms with Gasteiger partial charge in [0.15, 0.2) is 17.5 Å². The molecule has 1 aliphatic rings. The van der Waals surface area contributed by atoms with Crippen molar-refractivity contribution >= 4 is 46.4 Å². The molecule has 172 valence electrons. The number of halogens is 1. The van der Waals surface area contributed by atoms with Crippen LogP contribution in [0.1, 0.15) is 27.5 Å². The second-order valence-electron chi connectivity index (χ2n) is 7.43. The highest BCUT2D eigenvalue weighted by Crippen LogP contribution is 2.38. The van der Waals surface area contributed by atoms with Crippen LogP contribution in [-0.4, -0.2) is 30.6 Å². The third-order valence-electron chi connectivity index (χ3n) is 5.27. The molecule has 6 nitrogen and oxygen atoms in total. The van der Waals surface area contributed by atoms with E-state index >= 15 is 0 Å². The molecule has 1 aliphatic heterocycles. The van der Waals surface area contributed by atoms with Crippen LogP contribution in [-0.2, 0) is 9.53 Å². The van der Waals surface area contributed by atoms with Gasteiger partial charge in [0.05, 0.1) is 24.4 Å². The summed E-state index contributed by atoms with van der Waals surface area (Å²) < 4.78 is 10.4. The first-order valence-corrected chi connectivity index (χ1v) is 11.2. The summed E-state index contributed by atoms with van der Waals surface area (Å²) >= 11 is 11.8. The molecule has 1 heterocycles. The minimum atomic E-state index is -0.692. The molecule has 0 amide bonds. The van der Waals surface area contributed by atoms with Crippen molar-refractivity contribution < 1.29 is 19.1 Å². The van der Waals surface area contributed by atoms with Crippen molar-refractivity contribution in [2.45, 2.75) is 6.04 Å². The molecule has 0 radical (unpaired) electrons. The monoisotopic (exact) mass is 492 g/mol.